The molecule has 2 fully saturated rings. The molecule has 1 aliphatic carbocycles. The van der Waals surface area contributed by atoms with Crippen LogP contribution in [0.2, 0.25) is 0 Å². The van der Waals surface area contributed by atoms with Crippen molar-refractivity contribution in [1.82, 2.24) is 4.31 Å². The molecule has 3 atom stereocenters. The Morgan fingerprint density at radius 1 is 1.10 bits per heavy atom. The van der Waals surface area contributed by atoms with Crippen molar-refractivity contribution in [2.24, 2.45) is 16.8 Å². The van der Waals surface area contributed by atoms with E-state index in [-0.39, 0.29) is 17.8 Å². The minimum absolute atomic E-state index is 0.228. The van der Waals surface area contributed by atoms with Crippen molar-refractivity contribution >= 4 is 28.0 Å². The highest BCUT2D eigenvalue weighted by Gasteiger charge is 2.52. The minimum atomic E-state index is -3.49. The number of fused-ring (bicyclic) bond motifs is 1. The van der Waals surface area contributed by atoms with E-state index in [2.05, 4.69) is 4.99 Å². The molecule has 3 heterocycles. The summed E-state index contributed by atoms with van der Waals surface area (Å²) in [5.41, 5.74) is 0.0351. The Morgan fingerprint density at radius 3 is 2.71 bits per heavy atom. The van der Waals surface area contributed by atoms with Gasteiger partial charge in [0.2, 0.25) is 15.9 Å². The number of benzene rings is 1. The first-order valence-electron chi connectivity index (χ1n) is 10.5. The Morgan fingerprint density at radius 2 is 1.94 bits per heavy atom. The summed E-state index contributed by atoms with van der Waals surface area (Å²) in [4.78, 5) is 17.7. The first-order chi connectivity index (χ1) is 15.0. The zero-order valence-corrected chi connectivity index (χ0v) is 17.8. The van der Waals surface area contributed by atoms with Gasteiger partial charge in [0.1, 0.15) is 0 Å². The highest BCUT2D eigenvalue weighted by molar-refractivity contribution is 7.89. The number of sulfonamides is 1. The number of carbonyl (C=O) groups is 1. The predicted octanol–water partition coefficient (Wildman–Crippen LogP) is 3.50. The fourth-order valence-electron chi connectivity index (χ4n) is 4.93. The number of carbonyl (C=O) groups excluding carboxylic acids is 1. The fraction of sp³-hybridized carbons (Fsp3) is 0.391. The van der Waals surface area contributed by atoms with Crippen LogP contribution >= 0.6 is 0 Å². The van der Waals surface area contributed by atoms with Gasteiger partial charge in [0.05, 0.1) is 17.4 Å². The quantitative estimate of drug-likeness (QED) is 0.679. The number of ether oxygens (including phenoxy) is 1. The largest absolute Gasteiger partial charge is 0.472 e. The van der Waals surface area contributed by atoms with Gasteiger partial charge in [-0.25, -0.2) is 18.2 Å². The Balaban J connectivity index is 1.29. The minimum Gasteiger partial charge on any atom is -0.472 e. The van der Waals surface area contributed by atoms with Crippen molar-refractivity contribution in [3.05, 3.63) is 60.6 Å². The second kappa shape index (κ2) is 7.76. The topological polar surface area (TPSA) is 89.2 Å². The van der Waals surface area contributed by atoms with Crippen molar-refractivity contribution < 1.29 is 22.4 Å². The monoisotopic (exact) mass is 440 g/mol. The molecule has 0 bridgehead atoms. The van der Waals surface area contributed by atoms with Crippen LogP contribution in [0.25, 0.3) is 6.08 Å². The predicted molar refractivity (Wildman–Crippen MR) is 115 cm³/mol. The lowest BCUT2D eigenvalue weighted by Gasteiger charge is -2.44. The van der Waals surface area contributed by atoms with Gasteiger partial charge in [-0.05, 0) is 61.8 Å². The second-order valence-corrected chi connectivity index (χ2v) is 10.4. The van der Waals surface area contributed by atoms with Gasteiger partial charge in [-0.3, -0.25) is 0 Å². The zero-order valence-electron chi connectivity index (χ0n) is 17.0. The lowest BCUT2D eigenvalue weighted by Crippen LogP contribution is -2.50. The average molecular weight is 441 g/mol. The summed E-state index contributed by atoms with van der Waals surface area (Å²) < 4.78 is 38.1. The summed E-state index contributed by atoms with van der Waals surface area (Å²) in [6, 6.07) is 10.4. The van der Waals surface area contributed by atoms with Crippen LogP contribution in [0.4, 0.5) is 0 Å². The van der Waals surface area contributed by atoms with Gasteiger partial charge in [-0.15, -0.1) is 0 Å². The summed E-state index contributed by atoms with van der Waals surface area (Å²) in [6.45, 7) is 0.949. The van der Waals surface area contributed by atoms with Crippen LogP contribution in [-0.4, -0.2) is 43.2 Å². The normalized spacial score (nSPS) is 29.2. The summed E-state index contributed by atoms with van der Waals surface area (Å²) in [5, 5.41) is 0. The Bertz CT molecular complexity index is 1120. The Kier molecular flexibility index (Phi) is 5.06. The van der Waals surface area contributed by atoms with Crippen LogP contribution < -0.4 is 0 Å². The summed E-state index contributed by atoms with van der Waals surface area (Å²) in [6.07, 6.45) is 9.34. The van der Waals surface area contributed by atoms with Crippen LogP contribution in [0.3, 0.4) is 0 Å². The van der Waals surface area contributed by atoms with Crippen molar-refractivity contribution in [3.8, 4) is 0 Å². The van der Waals surface area contributed by atoms with Crippen LogP contribution in [-0.2, 0) is 19.6 Å². The van der Waals surface area contributed by atoms with Crippen LogP contribution in [0.1, 0.15) is 31.2 Å². The van der Waals surface area contributed by atoms with E-state index < -0.39 is 15.6 Å². The third kappa shape index (κ3) is 3.74. The molecule has 1 aromatic heterocycles. The van der Waals surface area contributed by atoms with Gasteiger partial charge < -0.3 is 9.15 Å². The van der Waals surface area contributed by atoms with Crippen molar-refractivity contribution in [1.29, 1.82) is 0 Å². The number of aliphatic imine (C=N–C) groups is 1. The maximum atomic E-state index is 13.0. The number of piperidine rings is 1. The van der Waals surface area contributed by atoms with Crippen LogP contribution in [0.15, 0.2) is 69.3 Å². The first-order valence-corrected chi connectivity index (χ1v) is 12.0. The van der Waals surface area contributed by atoms with Gasteiger partial charge in [-0.1, -0.05) is 18.2 Å². The van der Waals surface area contributed by atoms with Gasteiger partial charge in [0.15, 0.2) is 5.54 Å². The SMILES string of the molecule is O=C1OC(/C=C/c2ccoc2)=N[C@@]12CC[C@@H]1CN(S(=O)(=O)c3ccccc3)CC[C@H]1C2. The molecule has 5 rings (SSSR count). The maximum Gasteiger partial charge on any atom is 0.340 e. The molecule has 0 radical (unpaired) electrons. The Labute approximate surface area is 181 Å². The number of hydrogen-bond donors (Lipinski definition) is 0. The molecule has 0 unspecified atom stereocenters. The number of hydrogen-bond acceptors (Lipinski definition) is 6. The van der Waals surface area contributed by atoms with E-state index in [1.54, 1.807) is 53.2 Å². The van der Waals surface area contributed by atoms with E-state index in [1.165, 1.54) is 0 Å². The average Bonchev–Trinajstić information content (AvgIpc) is 3.41. The van der Waals surface area contributed by atoms with Gasteiger partial charge in [0, 0.05) is 24.7 Å². The molecule has 0 N–H and O–H groups in total. The van der Waals surface area contributed by atoms with Gasteiger partial charge in [-0.2, -0.15) is 4.31 Å². The fourth-order valence-corrected chi connectivity index (χ4v) is 6.46. The van der Waals surface area contributed by atoms with Crippen molar-refractivity contribution in [2.75, 3.05) is 13.1 Å². The third-order valence-corrected chi connectivity index (χ3v) is 8.51. The molecular formula is C23H24N2O5S. The standard InChI is InChI=1S/C23H24N2O5S/c26-22-23(24-21(30-22)7-6-17-10-13-29-16-17)11-8-19-15-25(12-9-18(19)14-23)31(27,28)20-4-2-1-3-5-20/h1-7,10,13,16,18-19H,8-9,11-12,14-15H2/b7-6+/t18-,19+,23+/m0/s1. The summed E-state index contributed by atoms with van der Waals surface area (Å²) in [5.74, 6) is 0.515. The molecule has 2 aliphatic heterocycles. The lowest BCUT2D eigenvalue weighted by atomic mass is 9.68. The van der Waals surface area contributed by atoms with Crippen LogP contribution in [0, 0.1) is 11.8 Å². The summed E-state index contributed by atoms with van der Waals surface area (Å²) in [7, 11) is -3.49. The maximum absolute atomic E-state index is 13.0. The highest BCUT2D eigenvalue weighted by Crippen LogP contribution is 2.46. The number of nitrogens with zero attached hydrogens (tertiary/aromatic N) is 2. The third-order valence-electron chi connectivity index (χ3n) is 6.63. The number of esters is 1. The number of rotatable bonds is 4. The van der Waals surface area contributed by atoms with Crippen molar-refractivity contribution in [2.45, 2.75) is 36.1 Å². The van der Waals surface area contributed by atoms with E-state index in [1.807, 2.05) is 12.1 Å². The second-order valence-electron chi connectivity index (χ2n) is 8.49. The molecule has 1 saturated carbocycles. The van der Waals surface area contributed by atoms with E-state index in [0.717, 1.165) is 18.4 Å². The molecule has 0 amide bonds. The van der Waals surface area contributed by atoms with E-state index in [4.69, 9.17) is 9.15 Å². The van der Waals surface area contributed by atoms with Gasteiger partial charge >= 0.3 is 5.97 Å². The molecule has 2 aromatic rings. The molecule has 162 valence electrons. The zero-order chi connectivity index (χ0) is 21.5. The number of cyclic esters (lactones) is 1. The molecule has 1 aromatic carbocycles. The van der Waals surface area contributed by atoms with E-state index >= 15 is 0 Å². The Hall–Kier alpha value is -2.71. The molecule has 7 nitrogen and oxygen atoms in total. The lowest BCUT2D eigenvalue weighted by molar-refractivity contribution is -0.141. The molecule has 3 aliphatic rings. The van der Waals surface area contributed by atoms with Crippen LogP contribution in [0.5, 0.6) is 0 Å². The summed E-state index contributed by atoms with van der Waals surface area (Å²) >= 11 is 0. The first kappa shape index (κ1) is 20.2. The van der Waals surface area contributed by atoms with E-state index in [9.17, 15) is 13.2 Å². The van der Waals surface area contributed by atoms with Gasteiger partial charge in [0.25, 0.3) is 0 Å². The molecule has 31 heavy (non-hydrogen) atoms. The van der Waals surface area contributed by atoms with Crippen molar-refractivity contribution in [3.63, 3.8) is 0 Å². The number of furan rings is 1. The molecule has 8 heteroatoms. The molecular weight excluding hydrogens is 416 g/mol. The smallest absolute Gasteiger partial charge is 0.340 e. The molecule has 1 saturated heterocycles. The molecule has 1 spiro atoms. The van der Waals surface area contributed by atoms with E-state index in [0.29, 0.717) is 36.7 Å². The highest BCUT2D eigenvalue weighted by atomic mass is 32.2.